The molecule has 2 atom stereocenters. The fraction of sp³-hybridized carbons (Fsp3) is 0.929. The molecule has 18 heavy (non-hydrogen) atoms. The van der Waals surface area contributed by atoms with Gasteiger partial charge in [-0.05, 0) is 39.5 Å². The normalized spacial score (nSPS) is 28.6. The molecule has 4 nitrogen and oxygen atoms in total. The molecule has 0 saturated heterocycles. The molecule has 1 rings (SSSR count). The van der Waals surface area contributed by atoms with Gasteiger partial charge in [-0.3, -0.25) is 10.1 Å². The van der Waals surface area contributed by atoms with Crippen molar-refractivity contribution in [2.24, 2.45) is 0 Å². The molecule has 1 saturated carbocycles. The smallest absolute Gasteiger partial charge is 0.324 e. The number of unbranched alkanes of at least 4 members (excludes halogenated alkanes) is 1. The number of aliphatic carboxylic acids is 1. The van der Waals surface area contributed by atoms with E-state index in [0.29, 0.717) is 12.8 Å². The van der Waals surface area contributed by atoms with Gasteiger partial charge < -0.3 is 9.84 Å². The molecule has 0 heterocycles. The molecule has 106 valence electrons. The van der Waals surface area contributed by atoms with E-state index in [1.54, 1.807) is 0 Å². The van der Waals surface area contributed by atoms with Crippen molar-refractivity contribution < 1.29 is 14.6 Å². The van der Waals surface area contributed by atoms with Crippen molar-refractivity contribution in [3.63, 3.8) is 0 Å². The van der Waals surface area contributed by atoms with Gasteiger partial charge in [0.2, 0.25) is 0 Å². The predicted molar refractivity (Wildman–Crippen MR) is 71.8 cm³/mol. The standard InChI is InChI=1S/C14H27NO3/c1-4-5-9-18-12-7-6-8-14(10-12,13(16)17)15-11(2)3/h11-12,15H,4-10H2,1-3H3,(H,16,17). The fourth-order valence-electron chi connectivity index (χ4n) is 2.70. The number of rotatable bonds is 7. The number of ether oxygens (including phenoxy) is 1. The van der Waals surface area contributed by atoms with Crippen LogP contribution in [0.3, 0.4) is 0 Å². The van der Waals surface area contributed by atoms with Crippen LogP contribution in [0, 0.1) is 0 Å². The summed E-state index contributed by atoms with van der Waals surface area (Å²) in [5, 5.41) is 12.7. The molecule has 1 fully saturated rings. The van der Waals surface area contributed by atoms with Gasteiger partial charge in [-0.25, -0.2) is 0 Å². The Morgan fingerprint density at radius 3 is 2.83 bits per heavy atom. The molecule has 0 bridgehead atoms. The van der Waals surface area contributed by atoms with Crippen LogP contribution in [0.25, 0.3) is 0 Å². The maximum Gasteiger partial charge on any atom is 0.324 e. The van der Waals surface area contributed by atoms with Gasteiger partial charge in [-0.2, -0.15) is 0 Å². The quantitative estimate of drug-likeness (QED) is 0.688. The van der Waals surface area contributed by atoms with E-state index in [0.717, 1.165) is 32.3 Å². The zero-order chi connectivity index (χ0) is 13.6. The highest BCUT2D eigenvalue weighted by Crippen LogP contribution is 2.31. The van der Waals surface area contributed by atoms with E-state index < -0.39 is 11.5 Å². The maximum absolute atomic E-state index is 11.6. The Balaban J connectivity index is 2.59. The highest BCUT2D eigenvalue weighted by molar-refractivity contribution is 5.79. The van der Waals surface area contributed by atoms with Crippen LogP contribution < -0.4 is 5.32 Å². The third kappa shape index (κ3) is 4.25. The van der Waals surface area contributed by atoms with Gasteiger partial charge in [0.05, 0.1) is 6.10 Å². The highest BCUT2D eigenvalue weighted by Gasteiger charge is 2.43. The fourth-order valence-corrected chi connectivity index (χ4v) is 2.70. The third-order valence-corrected chi connectivity index (χ3v) is 3.53. The van der Waals surface area contributed by atoms with Crippen LogP contribution in [0.1, 0.15) is 59.3 Å². The molecule has 2 unspecified atom stereocenters. The summed E-state index contributed by atoms with van der Waals surface area (Å²) in [6.07, 6.45) is 5.45. The molecule has 4 heteroatoms. The topological polar surface area (TPSA) is 58.6 Å². The van der Waals surface area contributed by atoms with Crippen molar-refractivity contribution in [1.82, 2.24) is 5.32 Å². The van der Waals surface area contributed by atoms with E-state index >= 15 is 0 Å². The Kier molecular flexibility index (Phi) is 6.09. The zero-order valence-corrected chi connectivity index (χ0v) is 11.9. The summed E-state index contributed by atoms with van der Waals surface area (Å²) in [5.41, 5.74) is -0.788. The summed E-state index contributed by atoms with van der Waals surface area (Å²) < 4.78 is 5.81. The first-order chi connectivity index (χ1) is 8.50. The number of hydrogen-bond donors (Lipinski definition) is 2. The van der Waals surface area contributed by atoms with Crippen molar-refractivity contribution in [2.75, 3.05) is 6.61 Å². The lowest BCUT2D eigenvalue weighted by molar-refractivity contribution is -0.149. The Bertz CT molecular complexity index is 268. The van der Waals surface area contributed by atoms with Gasteiger partial charge in [-0.1, -0.05) is 13.3 Å². The van der Waals surface area contributed by atoms with Crippen molar-refractivity contribution in [3.05, 3.63) is 0 Å². The molecule has 0 spiro atoms. The lowest BCUT2D eigenvalue weighted by Crippen LogP contribution is -2.58. The number of carboxylic acids is 1. The molecule has 0 radical (unpaired) electrons. The number of nitrogens with one attached hydrogen (secondary N) is 1. The molecule has 2 N–H and O–H groups in total. The average Bonchev–Trinajstić information content (AvgIpc) is 2.28. The van der Waals surface area contributed by atoms with Gasteiger partial charge in [0.15, 0.2) is 0 Å². The molecule has 0 aliphatic heterocycles. The van der Waals surface area contributed by atoms with Gasteiger partial charge in [0, 0.05) is 19.1 Å². The van der Waals surface area contributed by atoms with E-state index in [2.05, 4.69) is 12.2 Å². The third-order valence-electron chi connectivity index (χ3n) is 3.53. The van der Waals surface area contributed by atoms with Crippen molar-refractivity contribution in [1.29, 1.82) is 0 Å². The predicted octanol–water partition coefficient (Wildman–Crippen LogP) is 2.57. The Morgan fingerprint density at radius 2 is 2.28 bits per heavy atom. The number of hydrogen-bond acceptors (Lipinski definition) is 3. The molecular formula is C14H27NO3. The first kappa shape index (κ1) is 15.4. The van der Waals surface area contributed by atoms with Crippen LogP contribution in [-0.2, 0) is 9.53 Å². The van der Waals surface area contributed by atoms with E-state index in [1.807, 2.05) is 13.8 Å². The lowest BCUT2D eigenvalue weighted by Gasteiger charge is -2.39. The number of carboxylic acid groups (broad SMARTS) is 1. The molecule has 1 aliphatic rings. The van der Waals surface area contributed by atoms with Crippen LogP contribution in [-0.4, -0.2) is 35.4 Å². The highest BCUT2D eigenvalue weighted by atomic mass is 16.5. The summed E-state index contributed by atoms with van der Waals surface area (Å²) >= 11 is 0. The van der Waals surface area contributed by atoms with Gasteiger partial charge in [0.25, 0.3) is 0 Å². The van der Waals surface area contributed by atoms with Gasteiger partial charge in [0.1, 0.15) is 5.54 Å². The maximum atomic E-state index is 11.6. The monoisotopic (exact) mass is 257 g/mol. The van der Waals surface area contributed by atoms with Crippen LogP contribution in [0.2, 0.25) is 0 Å². The minimum absolute atomic E-state index is 0.0904. The molecular weight excluding hydrogens is 230 g/mol. The van der Waals surface area contributed by atoms with Crippen LogP contribution in [0.4, 0.5) is 0 Å². The Morgan fingerprint density at radius 1 is 1.56 bits per heavy atom. The summed E-state index contributed by atoms with van der Waals surface area (Å²) in [6.45, 7) is 6.86. The SMILES string of the molecule is CCCCOC1CCCC(NC(C)C)(C(=O)O)C1. The minimum atomic E-state index is -0.788. The second-order valence-corrected chi connectivity index (χ2v) is 5.63. The minimum Gasteiger partial charge on any atom is -0.480 e. The van der Waals surface area contributed by atoms with Gasteiger partial charge in [-0.15, -0.1) is 0 Å². The first-order valence-electron chi connectivity index (χ1n) is 7.13. The van der Waals surface area contributed by atoms with Crippen molar-refractivity contribution >= 4 is 5.97 Å². The van der Waals surface area contributed by atoms with Crippen LogP contribution in [0.15, 0.2) is 0 Å². The molecule has 0 aromatic heterocycles. The van der Waals surface area contributed by atoms with Crippen LogP contribution in [0.5, 0.6) is 0 Å². The average molecular weight is 257 g/mol. The molecule has 0 amide bonds. The van der Waals surface area contributed by atoms with Gasteiger partial charge >= 0.3 is 5.97 Å². The Hall–Kier alpha value is -0.610. The van der Waals surface area contributed by atoms with Crippen LogP contribution >= 0.6 is 0 Å². The number of carbonyl (C=O) groups is 1. The second-order valence-electron chi connectivity index (χ2n) is 5.63. The molecule has 0 aromatic rings. The summed E-state index contributed by atoms with van der Waals surface area (Å²) in [5.74, 6) is -0.736. The Labute approximate surface area is 110 Å². The summed E-state index contributed by atoms with van der Waals surface area (Å²) in [4.78, 5) is 11.6. The first-order valence-corrected chi connectivity index (χ1v) is 7.13. The second kappa shape index (κ2) is 7.10. The molecule has 0 aromatic carbocycles. The van der Waals surface area contributed by atoms with E-state index in [4.69, 9.17) is 4.74 Å². The van der Waals surface area contributed by atoms with E-state index in [1.165, 1.54) is 0 Å². The zero-order valence-electron chi connectivity index (χ0n) is 11.9. The largest absolute Gasteiger partial charge is 0.480 e. The summed E-state index contributed by atoms with van der Waals surface area (Å²) in [6, 6.07) is 0.176. The molecule has 1 aliphatic carbocycles. The summed E-state index contributed by atoms with van der Waals surface area (Å²) in [7, 11) is 0. The van der Waals surface area contributed by atoms with E-state index in [-0.39, 0.29) is 12.1 Å². The van der Waals surface area contributed by atoms with Crippen molar-refractivity contribution in [2.45, 2.75) is 77.0 Å². The van der Waals surface area contributed by atoms with E-state index in [9.17, 15) is 9.90 Å². The lowest BCUT2D eigenvalue weighted by atomic mass is 9.79. The van der Waals surface area contributed by atoms with Crippen molar-refractivity contribution in [3.8, 4) is 0 Å².